The third-order valence-electron chi connectivity index (χ3n) is 3.25. The van der Waals surface area contributed by atoms with E-state index < -0.39 is 0 Å². The summed E-state index contributed by atoms with van der Waals surface area (Å²) in [5.41, 5.74) is 6.78. The van der Waals surface area contributed by atoms with Crippen molar-refractivity contribution in [1.29, 1.82) is 0 Å². The number of amides is 1. The molecule has 0 aliphatic heterocycles. The van der Waals surface area contributed by atoms with Crippen molar-refractivity contribution in [3.05, 3.63) is 16.1 Å². The standard InChI is InChI=1S/C12H19N3OS/c1-8-15-11(7-17-8)6-14-12(16)9-2-4-10(13)5-3-9/h7,9-10H,2-6,13H2,1H3,(H,14,16). The normalized spacial score (nSPS) is 24.6. The van der Waals surface area contributed by atoms with E-state index in [2.05, 4.69) is 10.3 Å². The molecule has 1 aliphatic carbocycles. The van der Waals surface area contributed by atoms with Gasteiger partial charge in [-0.1, -0.05) is 0 Å². The number of carbonyl (C=O) groups excluding carboxylic acids is 1. The first-order valence-electron chi connectivity index (χ1n) is 6.09. The van der Waals surface area contributed by atoms with Crippen LogP contribution in [0.15, 0.2) is 5.38 Å². The lowest BCUT2D eigenvalue weighted by atomic mass is 9.86. The SMILES string of the molecule is Cc1nc(CNC(=O)C2CCC(N)CC2)cs1. The Morgan fingerprint density at radius 1 is 1.53 bits per heavy atom. The molecule has 0 bridgehead atoms. The highest BCUT2D eigenvalue weighted by molar-refractivity contribution is 7.09. The molecule has 0 unspecified atom stereocenters. The van der Waals surface area contributed by atoms with Crippen LogP contribution in [-0.2, 0) is 11.3 Å². The predicted octanol–water partition coefficient (Wildman–Crippen LogP) is 1.59. The monoisotopic (exact) mass is 253 g/mol. The van der Waals surface area contributed by atoms with Crippen molar-refractivity contribution in [1.82, 2.24) is 10.3 Å². The Morgan fingerprint density at radius 3 is 2.82 bits per heavy atom. The molecule has 1 saturated carbocycles. The average molecular weight is 253 g/mol. The molecule has 2 rings (SSSR count). The molecule has 0 radical (unpaired) electrons. The van der Waals surface area contributed by atoms with E-state index >= 15 is 0 Å². The Balaban J connectivity index is 1.77. The molecule has 94 valence electrons. The summed E-state index contributed by atoms with van der Waals surface area (Å²) in [5.74, 6) is 0.303. The number of thiazole rings is 1. The number of nitrogens with one attached hydrogen (secondary N) is 1. The lowest BCUT2D eigenvalue weighted by Gasteiger charge is -2.24. The molecule has 1 amide bonds. The Bertz CT molecular complexity index is 383. The maximum absolute atomic E-state index is 11.9. The number of nitrogens with two attached hydrogens (primary N) is 1. The highest BCUT2D eigenvalue weighted by atomic mass is 32.1. The van der Waals surface area contributed by atoms with Crippen LogP contribution >= 0.6 is 11.3 Å². The zero-order valence-corrected chi connectivity index (χ0v) is 10.9. The summed E-state index contributed by atoms with van der Waals surface area (Å²) in [6.45, 7) is 2.52. The Hall–Kier alpha value is -0.940. The van der Waals surface area contributed by atoms with Crippen molar-refractivity contribution < 1.29 is 4.79 Å². The van der Waals surface area contributed by atoms with E-state index in [0.717, 1.165) is 36.4 Å². The van der Waals surface area contributed by atoms with Gasteiger partial charge in [-0.3, -0.25) is 4.79 Å². The molecule has 1 aromatic rings. The molecule has 1 fully saturated rings. The van der Waals surface area contributed by atoms with Crippen LogP contribution in [0.25, 0.3) is 0 Å². The number of aryl methyl sites for hydroxylation is 1. The first kappa shape index (κ1) is 12.5. The van der Waals surface area contributed by atoms with Crippen LogP contribution in [-0.4, -0.2) is 16.9 Å². The summed E-state index contributed by atoms with van der Waals surface area (Å²) in [5, 5.41) is 5.99. The van der Waals surface area contributed by atoms with Crippen LogP contribution in [0.5, 0.6) is 0 Å². The van der Waals surface area contributed by atoms with Crippen LogP contribution < -0.4 is 11.1 Å². The van der Waals surface area contributed by atoms with Gasteiger partial charge < -0.3 is 11.1 Å². The molecule has 4 nitrogen and oxygen atoms in total. The second-order valence-electron chi connectivity index (χ2n) is 4.69. The summed E-state index contributed by atoms with van der Waals surface area (Å²) in [4.78, 5) is 16.2. The van der Waals surface area contributed by atoms with Gasteiger partial charge in [0.05, 0.1) is 17.2 Å². The van der Waals surface area contributed by atoms with Crippen molar-refractivity contribution in [2.75, 3.05) is 0 Å². The summed E-state index contributed by atoms with van der Waals surface area (Å²) in [7, 11) is 0. The van der Waals surface area contributed by atoms with E-state index in [1.165, 1.54) is 0 Å². The lowest BCUT2D eigenvalue weighted by Crippen LogP contribution is -2.36. The second-order valence-corrected chi connectivity index (χ2v) is 5.75. The van der Waals surface area contributed by atoms with E-state index in [0.29, 0.717) is 12.6 Å². The molecule has 0 aromatic carbocycles. The summed E-state index contributed by atoms with van der Waals surface area (Å²) in [6.07, 6.45) is 3.77. The molecule has 1 heterocycles. The fourth-order valence-electron chi connectivity index (χ4n) is 2.19. The van der Waals surface area contributed by atoms with Gasteiger partial charge in [0.1, 0.15) is 0 Å². The molecule has 5 heteroatoms. The fraction of sp³-hybridized carbons (Fsp3) is 0.667. The quantitative estimate of drug-likeness (QED) is 0.859. The molecule has 1 aliphatic rings. The van der Waals surface area contributed by atoms with Crippen molar-refractivity contribution >= 4 is 17.2 Å². The van der Waals surface area contributed by atoms with Crippen LogP contribution in [0.2, 0.25) is 0 Å². The molecule has 1 aromatic heterocycles. The zero-order valence-electron chi connectivity index (χ0n) is 10.1. The van der Waals surface area contributed by atoms with Crippen LogP contribution in [0, 0.1) is 12.8 Å². The smallest absolute Gasteiger partial charge is 0.223 e. The zero-order chi connectivity index (χ0) is 12.3. The maximum atomic E-state index is 11.9. The predicted molar refractivity (Wildman–Crippen MR) is 68.6 cm³/mol. The molecule has 3 N–H and O–H groups in total. The van der Waals surface area contributed by atoms with E-state index in [1.807, 2.05) is 12.3 Å². The fourth-order valence-corrected chi connectivity index (χ4v) is 2.81. The third-order valence-corrected chi connectivity index (χ3v) is 4.08. The van der Waals surface area contributed by atoms with Gasteiger partial charge in [-0.2, -0.15) is 0 Å². The van der Waals surface area contributed by atoms with Gasteiger partial charge in [-0.05, 0) is 32.6 Å². The van der Waals surface area contributed by atoms with Crippen LogP contribution in [0.3, 0.4) is 0 Å². The Labute approximate surface area is 106 Å². The second kappa shape index (κ2) is 5.60. The van der Waals surface area contributed by atoms with Gasteiger partial charge in [0.2, 0.25) is 5.91 Å². The molecule has 0 saturated heterocycles. The summed E-state index contributed by atoms with van der Waals surface area (Å²) in [6, 6.07) is 0.292. The van der Waals surface area contributed by atoms with Crippen molar-refractivity contribution in [2.24, 2.45) is 11.7 Å². The first-order valence-corrected chi connectivity index (χ1v) is 6.97. The van der Waals surface area contributed by atoms with E-state index in [4.69, 9.17) is 5.73 Å². The average Bonchev–Trinajstić information content (AvgIpc) is 2.73. The van der Waals surface area contributed by atoms with Gasteiger partial charge in [0, 0.05) is 17.3 Å². The van der Waals surface area contributed by atoms with Gasteiger partial charge >= 0.3 is 0 Å². The van der Waals surface area contributed by atoms with E-state index in [1.54, 1.807) is 11.3 Å². The molecular formula is C12H19N3OS. The number of nitrogens with zero attached hydrogens (tertiary/aromatic N) is 1. The van der Waals surface area contributed by atoms with Gasteiger partial charge in [0.15, 0.2) is 0 Å². The largest absolute Gasteiger partial charge is 0.350 e. The maximum Gasteiger partial charge on any atom is 0.223 e. The number of carbonyl (C=O) groups is 1. The van der Waals surface area contributed by atoms with Gasteiger partial charge in [-0.15, -0.1) is 11.3 Å². The minimum atomic E-state index is 0.148. The molecule has 17 heavy (non-hydrogen) atoms. The van der Waals surface area contributed by atoms with Gasteiger partial charge in [0.25, 0.3) is 0 Å². The number of aromatic nitrogens is 1. The molecule has 0 spiro atoms. The highest BCUT2D eigenvalue weighted by Gasteiger charge is 2.24. The minimum Gasteiger partial charge on any atom is -0.350 e. The summed E-state index contributed by atoms with van der Waals surface area (Å²) >= 11 is 1.61. The summed E-state index contributed by atoms with van der Waals surface area (Å²) < 4.78 is 0. The van der Waals surface area contributed by atoms with Crippen molar-refractivity contribution in [3.63, 3.8) is 0 Å². The van der Waals surface area contributed by atoms with E-state index in [9.17, 15) is 4.79 Å². The highest BCUT2D eigenvalue weighted by Crippen LogP contribution is 2.23. The Kier molecular flexibility index (Phi) is 4.12. The third kappa shape index (κ3) is 3.51. The van der Waals surface area contributed by atoms with Crippen LogP contribution in [0.4, 0.5) is 0 Å². The Morgan fingerprint density at radius 2 is 2.24 bits per heavy atom. The van der Waals surface area contributed by atoms with Crippen molar-refractivity contribution in [3.8, 4) is 0 Å². The molecular weight excluding hydrogens is 234 g/mol. The number of rotatable bonds is 3. The lowest BCUT2D eigenvalue weighted by molar-refractivity contribution is -0.126. The van der Waals surface area contributed by atoms with Gasteiger partial charge in [-0.25, -0.2) is 4.98 Å². The number of hydrogen-bond donors (Lipinski definition) is 2. The van der Waals surface area contributed by atoms with Crippen LogP contribution in [0.1, 0.15) is 36.4 Å². The van der Waals surface area contributed by atoms with E-state index in [-0.39, 0.29) is 11.8 Å². The number of hydrogen-bond acceptors (Lipinski definition) is 4. The molecule has 0 atom stereocenters. The minimum absolute atomic E-state index is 0.148. The topological polar surface area (TPSA) is 68.0 Å². The van der Waals surface area contributed by atoms with Crippen molar-refractivity contribution in [2.45, 2.75) is 45.2 Å². The first-order chi connectivity index (χ1) is 8.15.